The van der Waals surface area contributed by atoms with Crippen molar-refractivity contribution in [2.45, 2.75) is 0 Å². The summed E-state index contributed by atoms with van der Waals surface area (Å²) in [6.07, 6.45) is 0. The maximum Gasteiger partial charge on any atom is 0.530 e. The minimum atomic E-state index is -4.58. The van der Waals surface area contributed by atoms with Crippen LogP contribution in [0.25, 0.3) is 0 Å². The maximum absolute atomic E-state index is 13.6. The quantitative estimate of drug-likeness (QED) is 0.0345. The summed E-state index contributed by atoms with van der Waals surface area (Å²) in [6, 6.07) is 5.55. The van der Waals surface area contributed by atoms with E-state index in [0.29, 0.717) is 5.02 Å². The zero-order valence-electron chi connectivity index (χ0n) is 28.5. The molecule has 0 fully saturated rings. The second kappa shape index (κ2) is 23.0. The number of carbonyl (C=O) groups excluding carboxylic acids is 4. The third kappa shape index (κ3) is 12.8. The summed E-state index contributed by atoms with van der Waals surface area (Å²) in [5.41, 5.74) is -1.77. The molecule has 0 aromatic heterocycles. The van der Waals surface area contributed by atoms with E-state index < -0.39 is 121 Å². The van der Waals surface area contributed by atoms with Gasteiger partial charge in [0.2, 0.25) is 0 Å². The van der Waals surface area contributed by atoms with E-state index in [9.17, 15) is 23.7 Å². The lowest BCUT2D eigenvalue weighted by atomic mass is 10.1. The number of hydrogen-bond donors (Lipinski definition) is 0. The van der Waals surface area contributed by atoms with E-state index in [1.165, 1.54) is 38.5 Å². The Morgan fingerprint density at radius 3 is 0.982 bits per heavy atom. The van der Waals surface area contributed by atoms with Crippen LogP contribution in [-0.2, 0) is 42.0 Å². The fourth-order valence-electron chi connectivity index (χ4n) is 3.99. The van der Waals surface area contributed by atoms with E-state index in [0.717, 1.165) is 0 Å². The number of methoxy groups -OCH3 is 2. The van der Waals surface area contributed by atoms with Crippen LogP contribution in [0.3, 0.4) is 0 Å². The summed E-state index contributed by atoms with van der Waals surface area (Å²) in [5, 5.41) is -3.29. The molecule has 0 aliphatic carbocycles. The first-order valence-corrected chi connectivity index (χ1v) is 20.1. The topological polar surface area (TPSA) is 168 Å². The van der Waals surface area contributed by atoms with Crippen molar-refractivity contribution in [3.8, 4) is 5.75 Å². The lowest BCUT2D eigenvalue weighted by molar-refractivity contribution is 0.0357. The summed E-state index contributed by atoms with van der Waals surface area (Å²) < 4.78 is 59.7. The van der Waals surface area contributed by atoms with Crippen molar-refractivity contribution in [2.24, 2.45) is 0 Å². The molecule has 0 heterocycles. The molecule has 0 aliphatic rings. The molecule has 0 aliphatic heterocycles. The Hall–Kier alpha value is -1.98. The fraction of sp³-hybridized carbons (Fsp3) is 0.312. The molecule has 0 spiro atoms. The Labute approximate surface area is 364 Å². The van der Waals surface area contributed by atoms with Crippen molar-refractivity contribution < 1.29 is 65.7 Å². The van der Waals surface area contributed by atoms with E-state index in [1.54, 1.807) is 0 Å². The second-order valence-corrected chi connectivity index (χ2v) is 15.3. The highest BCUT2D eigenvalue weighted by Crippen LogP contribution is 2.50. The van der Waals surface area contributed by atoms with Crippen molar-refractivity contribution in [1.29, 1.82) is 0 Å². The number of hydrogen-bond acceptors (Lipinski definition) is 14. The Morgan fingerprint density at radius 2 is 0.714 bits per heavy atom. The van der Waals surface area contributed by atoms with Crippen LogP contribution in [0, 0.1) is 0 Å². The molecule has 0 atom stereocenters. The Kier molecular flexibility index (Phi) is 19.9. The van der Waals surface area contributed by atoms with Gasteiger partial charge >= 0.3 is 31.7 Å². The summed E-state index contributed by atoms with van der Waals surface area (Å²) in [7, 11) is -1.79. The molecule has 0 bridgehead atoms. The van der Waals surface area contributed by atoms with Gasteiger partial charge in [0.25, 0.3) is 0 Å². The first kappa shape index (κ1) is 48.4. The van der Waals surface area contributed by atoms with E-state index in [1.807, 2.05) is 0 Å². The molecule has 0 unspecified atom stereocenters. The molecule has 0 saturated heterocycles. The number of phosphoric acid groups is 1. The number of phosphoric ester groups is 1. The van der Waals surface area contributed by atoms with Crippen molar-refractivity contribution in [3.63, 3.8) is 0 Å². The average molecular weight is 985 g/mol. The average Bonchev–Trinajstić information content (AvgIpc) is 3.15. The molecule has 0 N–H and O–H groups in total. The molecule has 0 saturated carbocycles. The van der Waals surface area contributed by atoms with Crippen molar-refractivity contribution >= 4 is 136 Å². The minimum absolute atomic E-state index is 0.0147. The highest BCUT2D eigenvalue weighted by Gasteiger charge is 2.33. The molecule has 14 nitrogen and oxygen atoms in total. The third-order valence-corrected chi connectivity index (χ3v) is 11.6. The second-order valence-electron chi connectivity index (χ2n) is 10.2. The number of carbonyl (C=O) groups is 4. The van der Waals surface area contributed by atoms with Gasteiger partial charge in [0.1, 0.15) is 32.2 Å². The van der Waals surface area contributed by atoms with Crippen LogP contribution < -0.4 is 4.52 Å². The smallest absolute Gasteiger partial charge is 0.460 e. The molecular weight excluding hydrogens is 958 g/mol. The van der Waals surface area contributed by atoms with Gasteiger partial charge in [0.15, 0.2) is 0 Å². The summed E-state index contributed by atoms with van der Waals surface area (Å²) in [4.78, 5) is 50.9. The highest BCUT2D eigenvalue weighted by molar-refractivity contribution is 7.48. The fourth-order valence-corrected chi connectivity index (χ4v) is 7.59. The van der Waals surface area contributed by atoms with Gasteiger partial charge < -0.3 is 32.9 Å². The van der Waals surface area contributed by atoms with E-state index in [-0.39, 0.29) is 32.2 Å². The van der Waals surface area contributed by atoms with Gasteiger partial charge in [0, 0.05) is 19.2 Å². The van der Waals surface area contributed by atoms with E-state index in [4.69, 9.17) is 146 Å². The van der Waals surface area contributed by atoms with Crippen LogP contribution in [0.2, 0.25) is 45.2 Å². The number of esters is 4. The van der Waals surface area contributed by atoms with Crippen LogP contribution in [0.4, 0.5) is 0 Å². The van der Waals surface area contributed by atoms with Gasteiger partial charge in [-0.1, -0.05) is 104 Å². The monoisotopic (exact) mass is 980 g/mol. The predicted molar refractivity (Wildman–Crippen MR) is 209 cm³/mol. The minimum Gasteiger partial charge on any atom is -0.460 e. The molecule has 0 amide bonds. The maximum atomic E-state index is 13.6. The zero-order chi connectivity index (χ0) is 41.7. The van der Waals surface area contributed by atoms with Crippen LogP contribution in [0.1, 0.15) is 41.4 Å². The number of rotatable bonds is 20. The molecule has 3 aromatic carbocycles. The standard InChI is InChI=1S/C32H26Cl9O14P/c1-47-7-9-49-29(42)17-21(34)25(38)19(26(39)22(17)35)31(44)51-11-13-53-56(46,55-16-5-3-15(33)4-6-16)54-14-12-52-32(45)20-27(40)23(36)18(24(37)28(20)41)30(43)50-10-8-48-2/h3-6H,7-14H2,1-2H3. The number of ether oxygens (including phenoxy) is 6. The Bertz CT molecular complexity index is 1810. The SMILES string of the molecule is COCCOC(=O)c1c(Cl)c(Cl)c(C(=O)OCCOP(=O)(OCCOC(=O)c2c(Cl)c(Cl)c(C(=O)OCCOC)c(Cl)c2Cl)Oc2ccc(Cl)cc2)c(Cl)c1Cl. The first-order chi connectivity index (χ1) is 26.5. The number of benzene rings is 3. The van der Waals surface area contributed by atoms with Crippen LogP contribution in [-0.4, -0.2) is 91.0 Å². The van der Waals surface area contributed by atoms with Gasteiger partial charge in [-0.05, 0) is 24.3 Å². The van der Waals surface area contributed by atoms with Gasteiger partial charge in [-0.3, -0.25) is 9.05 Å². The lowest BCUT2D eigenvalue weighted by Gasteiger charge is -2.19. The van der Waals surface area contributed by atoms with Crippen LogP contribution >= 0.6 is 112 Å². The predicted octanol–water partition coefficient (Wildman–Crippen LogP) is 10.4. The van der Waals surface area contributed by atoms with Crippen molar-refractivity contribution in [2.75, 3.05) is 67.1 Å². The van der Waals surface area contributed by atoms with Gasteiger partial charge in [-0.15, -0.1) is 0 Å². The Morgan fingerprint density at radius 1 is 0.446 bits per heavy atom. The summed E-state index contributed by atoms with van der Waals surface area (Å²) >= 11 is 55.8. The van der Waals surface area contributed by atoms with Gasteiger partial charge in [-0.25, -0.2) is 23.7 Å². The summed E-state index contributed by atoms with van der Waals surface area (Å²) in [6.45, 7) is -2.53. The van der Waals surface area contributed by atoms with Crippen molar-refractivity contribution in [3.05, 3.63) is 91.7 Å². The highest BCUT2D eigenvalue weighted by atomic mass is 35.5. The lowest BCUT2D eigenvalue weighted by Crippen LogP contribution is -2.17. The van der Waals surface area contributed by atoms with E-state index in [2.05, 4.69) is 0 Å². The van der Waals surface area contributed by atoms with Gasteiger partial charge in [-0.2, -0.15) is 0 Å². The molecule has 24 heteroatoms. The summed E-state index contributed by atoms with van der Waals surface area (Å²) in [5.74, 6) is -4.27. The molecule has 3 aromatic rings. The first-order valence-electron chi connectivity index (χ1n) is 15.2. The van der Waals surface area contributed by atoms with Gasteiger partial charge in [0.05, 0.1) is 88.9 Å². The molecule has 3 rings (SSSR count). The largest absolute Gasteiger partial charge is 0.530 e. The molecular formula is C32H26Cl9O14P. The number of halogens is 9. The molecule has 0 radical (unpaired) electrons. The van der Waals surface area contributed by atoms with Crippen LogP contribution in [0.5, 0.6) is 5.75 Å². The van der Waals surface area contributed by atoms with Crippen molar-refractivity contribution in [1.82, 2.24) is 0 Å². The molecule has 56 heavy (non-hydrogen) atoms. The zero-order valence-corrected chi connectivity index (χ0v) is 36.2. The third-order valence-electron chi connectivity index (χ3n) is 6.55. The normalized spacial score (nSPS) is 11.3. The van der Waals surface area contributed by atoms with E-state index >= 15 is 0 Å². The molecule has 306 valence electrons. The van der Waals surface area contributed by atoms with Crippen LogP contribution in [0.15, 0.2) is 24.3 Å². The Balaban J connectivity index is 1.69.